The Morgan fingerprint density at radius 3 is 2.66 bits per heavy atom. The summed E-state index contributed by atoms with van der Waals surface area (Å²) in [5.41, 5.74) is 4.56. The highest BCUT2D eigenvalue weighted by atomic mass is 35.5. The Bertz CT molecular complexity index is 1360. The number of esters is 1. The SMILES string of the molecule is COC(=O)c1nc(NCCC2CC2)c2c(n1)nc(-c1cccc(C)c1)n2CCc1ccc(Cl)cc1. The molecule has 5 rings (SSSR count). The Labute approximate surface area is 209 Å². The van der Waals surface area contributed by atoms with Gasteiger partial charge in [-0.3, -0.25) is 0 Å². The van der Waals surface area contributed by atoms with Crippen LogP contribution in [0.5, 0.6) is 0 Å². The minimum atomic E-state index is -0.579. The number of rotatable bonds is 9. The molecule has 8 heteroatoms. The first-order chi connectivity index (χ1) is 17.0. The van der Waals surface area contributed by atoms with Gasteiger partial charge in [-0.25, -0.2) is 19.7 Å². The molecule has 7 nitrogen and oxygen atoms in total. The lowest BCUT2D eigenvalue weighted by Gasteiger charge is -2.13. The third-order valence-electron chi connectivity index (χ3n) is 6.33. The minimum Gasteiger partial charge on any atom is -0.463 e. The fourth-order valence-corrected chi connectivity index (χ4v) is 4.38. The largest absolute Gasteiger partial charge is 0.463 e. The summed E-state index contributed by atoms with van der Waals surface area (Å²) in [5, 5.41) is 4.18. The van der Waals surface area contributed by atoms with Crippen LogP contribution in [0.15, 0.2) is 48.5 Å². The number of carbonyl (C=O) groups excluding carboxylic acids is 1. The van der Waals surface area contributed by atoms with Crippen LogP contribution >= 0.6 is 11.6 Å². The number of hydrogen-bond donors (Lipinski definition) is 1. The molecule has 4 aromatic rings. The van der Waals surface area contributed by atoms with Crippen LogP contribution in [0.3, 0.4) is 0 Å². The van der Waals surface area contributed by atoms with Crippen molar-refractivity contribution in [3.8, 4) is 11.4 Å². The molecule has 1 saturated carbocycles. The van der Waals surface area contributed by atoms with Gasteiger partial charge in [0.25, 0.3) is 0 Å². The van der Waals surface area contributed by atoms with Crippen molar-refractivity contribution in [3.05, 3.63) is 70.5 Å². The van der Waals surface area contributed by atoms with Crippen molar-refractivity contribution < 1.29 is 9.53 Å². The van der Waals surface area contributed by atoms with Crippen LogP contribution < -0.4 is 5.32 Å². The smallest absolute Gasteiger partial charge is 0.376 e. The molecule has 2 aromatic heterocycles. The maximum atomic E-state index is 12.3. The molecule has 1 N–H and O–H groups in total. The van der Waals surface area contributed by atoms with Crippen molar-refractivity contribution >= 4 is 34.6 Å². The van der Waals surface area contributed by atoms with Gasteiger partial charge < -0.3 is 14.6 Å². The van der Waals surface area contributed by atoms with E-state index in [0.29, 0.717) is 23.0 Å². The number of nitrogens with zero attached hydrogens (tertiary/aromatic N) is 4. The number of methoxy groups -OCH3 is 1. The van der Waals surface area contributed by atoms with Crippen molar-refractivity contribution in [2.24, 2.45) is 5.92 Å². The predicted molar refractivity (Wildman–Crippen MR) is 138 cm³/mol. The van der Waals surface area contributed by atoms with Gasteiger partial charge in [-0.1, -0.05) is 60.3 Å². The lowest BCUT2D eigenvalue weighted by molar-refractivity contribution is 0.0587. The zero-order valence-corrected chi connectivity index (χ0v) is 20.7. The van der Waals surface area contributed by atoms with Crippen LogP contribution in [-0.4, -0.2) is 39.1 Å². The van der Waals surface area contributed by atoms with E-state index in [1.807, 2.05) is 36.4 Å². The van der Waals surface area contributed by atoms with Crippen LogP contribution in [0.1, 0.15) is 41.0 Å². The first kappa shape index (κ1) is 23.3. The molecule has 180 valence electrons. The van der Waals surface area contributed by atoms with Crippen LogP contribution in [0.2, 0.25) is 5.02 Å². The number of ether oxygens (including phenoxy) is 1. The molecular weight excluding hydrogens is 462 g/mol. The summed E-state index contributed by atoms with van der Waals surface area (Å²) in [5.74, 6) is 1.60. The first-order valence-electron chi connectivity index (χ1n) is 11.9. The monoisotopic (exact) mass is 489 g/mol. The molecule has 1 aliphatic carbocycles. The van der Waals surface area contributed by atoms with Crippen LogP contribution in [-0.2, 0) is 17.7 Å². The lowest BCUT2D eigenvalue weighted by Crippen LogP contribution is -2.13. The van der Waals surface area contributed by atoms with Gasteiger partial charge in [0.2, 0.25) is 5.82 Å². The fraction of sp³-hybridized carbons (Fsp3) is 0.333. The van der Waals surface area contributed by atoms with Crippen molar-refractivity contribution in [2.75, 3.05) is 19.0 Å². The molecule has 0 amide bonds. The zero-order valence-electron chi connectivity index (χ0n) is 19.9. The molecule has 35 heavy (non-hydrogen) atoms. The number of imidazole rings is 1. The normalized spacial score (nSPS) is 13.2. The summed E-state index contributed by atoms with van der Waals surface area (Å²) in [4.78, 5) is 26.3. The van der Waals surface area contributed by atoms with Crippen molar-refractivity contribution in [2.45, 2.75) is 39.2 Å². The molecule has 0 atom stereocenters. The summed E-state index contributed by atoms with van der Waals surface area (Å²) in [7, 11) is 1.33. The van der Waals surface area contributed by atoms with Crippen molar-refractivity contribution in [1.29, 1.82) is 0 Å². The van der Waals surface area contributed by atoms with Crippen molar-refractivity contribution in [1.82, 2.24) is 19.5 Å². The second-order valence-electron chi connectivity index (χ2n) is 9.05. The summed E-state index contributed by atoms with van der Waals surface area (Å²) in [6.45, 7) is 3.50. The van der Waals surface area contributed by atoms with Crippen molar-refractivity contribution in [3.63, 3.8) is 0 Å². The number of nitrogens with one attached hydrogen (secondary N) is 1. The standard InChI is InChI=1S/C27H28ClN5O2/c1-17-4-3-5-20(16-17)26-32-24-22(33(26)15-13-19-8-10-21(28)11-9-19)23(29-14-12-18-6-7-18)30-25(31-24)27(34)35-2/h3-5,8-11,16,18H,6-7,12-15H2,1-2H3,(H,29,30,31). The van der Waals surface area contributed by atoms with E-state index < -0.39 is 5.97 Å². The number of aryl methyl sites for hydroxylation is 3. The second kappa shape index (κ2) is 10.0. The maximum absolute atomic E-state index is 12.3. The van der Waals surface area contributed by atoms with E-state index in [1.165, 1.54) is 25.5 Å². The number of benzene rings is 2. The average molecular weight is 490 g/mol. The van der Waals surface area contributed by atoms with E-state index in [-0.39, 0.29) is 5.82 Å². The third-order valence-corrected chi connectivity index (χ3v) is 6.58. The van der Waals surface area contributed by atoms with Gasteiger partial charge in [-0.2, -0.15) is 0 Å². The number of aromatic nitrogens is 4. The number of carbonyl (C=O) groups is 1. The highest BCUT2D eigenvalue weighted by Gasteiger charge is 2.24. The second-order valence-corrected chi connectivity index (χ2v) is 9.49. The molecule has 0 saturated heterocycles. The molecule has 2 heterocycles. The van der Waals surface area contributed by atoms with Gasteiger partial charge in [0.1, 0.15) is 11.3 Å². The predicted octanol–water partition coefficient (Wildman–Crippen LogP) is 5.70. The molecule has 2 aromatic carbocycles. The highest BCUT2D eigenvalue weighted by Crippen LogP contribution is 2.33. The summed E-state index contributed by atoms with van der Waals surface area (Å²) >= 11 is 6.08. The molecular formula is C27H28ClN5O2. The quantitative estimate of drug-likeness (QED) is 0.304. The van der Waals surface area contributed by atoms with E-state index in [4.69, 9.17) is 21.3 Å². The van der Waals surface area contributed by atoms with E-state index in [2.05, 4.69) is 38.9 Å². The van der Waals surface area contributed by atoms with Gasteiger partial charge in [0.05, 0.1) is 7.11 Å². The summed E-state index contributed by atoms with van der Waals surface area (Å²) in [6, 6.07) is 16.1. The Morgan fingerprint density at radius 2 is 1.94 bits per heavy atom. The molecule has 0 aliphatic heterocycles. The first-order valence-corrected chi connectivity index (χ1v) is 12.3. The average Bonchev–Trinajstić information content (AvgIpc) is 3.61. The van der Waals surface area contributed by atoms with Gasteiger partial charge >= 0.3 is 5.97 Å². The summed E-state index contributed by atoms with van der Waals surface area (Å²) in [6.07, 6.45) is 4.42. The molecule has 0 unspecified atom stereocenters. The van der Waals surface area contributed by atoms with Gasteiger partial charge in [0, 0.05) is 23.7 Å². The van der Waals surface area contributed by atoms with E-state index >= 15 is 0 Å². The van der Waals surface area contributed by atoms with Crippen LogP contribution in [0.25, 0.3) is 22.6 Å². The van der Waals surface area contributed by atoms with E-state index in [0.717, 1.165) is 47.8 Å². The Hall–Kier alpha value is -3.45. The molecule has 1 fully saturated rings. The lowest BCUT2D eigenvalue weighted by atomic mass is 10.1. The molecule has 0 spiro atoms. The van der Waals surface area contributed by atoms with Gasteiger partial charge in [0.15, 0.2) is 11.5 Å². The molecule has 0 radical (unpaired) electrons. The molecule has 0 bridgehead atoms. The fourth-order valence-electron chi connectivity index (χ4n) is 4.26. The topological polar surface area (TPSA) is 81.9 Å². The number of hydrogen-bond acceptors (Lipinski definition) is 6. The van der Waals surface area contributed by atoms with E-state index in [9.17, 15) is 4.79 Å². The zero-order chi connectivity index (χ0) is 24.4. The highest BCUT2D eigenvalue weighted by molar-refractivity contribution is 6.30. The Balaban J connectivity index is 1.61. The van der Waals surface area contributed by atoms with Crippen LogP contribution in [0, 0.1) is 12.8 Å². The maximum Gasteiger partial charge on any atom is 0.376 e. The van der Waals surface area contributed by atoms with E-state index in [1.54, 1.807) is 0 Å². The summed E-state index contributed by atoms with van der Waals surface area (Å²) < 4.78 is 7.06. The van der Waals surface area contributed by atoms with Crippen LogP contribution in [0.4, 0.5) is 5.82 Å². The van der Waals surface area contributed by atoms with Gasteiger partial charge in [-0.05, 0) is 49.4 Å². The number of fused-ring (bicyclic) bond motifs is 1. The van der Waals surface area contributed by atoms with Gasteiger partial charge in [-0.15, -0.1) is 0 Å². The third kappa shape index (κ3) is 5.30. The number of anilines is 1. The number of halogens is 1. The minimum absolute atomic E-state index is 0.00654. The Morgan fingerprint density at radius 1 is 1.14 bits per heavy atom. The Kier molecular flexibility index (Phi) is 6.68. The molecule has 1 aliphatic rings.